The summed E-state index contributed by atoms with van der Waals surface area (Å²) in [6.45, 7) is 5.94. The van der Waals surface area contributed by atoms with Crippen LogP contribution in [0.5, 0.6) is 5.75 Å². The average Bonchev–Trinajstić information content (AvgIpc) is 3.31. The second-order valence-corrected chi connectivity index (χ2v) is 7.24. The molecule has 0 saturated carbocycles. The number of rotatable bonds is 6. The lowest BCUT2D eigenvalue weighted by molar-refractivity contribution is 0.0988. The maximum Gasteiger partial charge on any atom is 0.262 e. The number of imidazole rings is 1. The van der Waals surface area contributed by atoms with Gasteiger partial charge >= 0.3 is 0 Å². The number of fused-ring (bicyclic) bond motifs is 1. The van der Waals surface area contributed by atoms with Crippen LogP contribution in [0.2, 0.25) is 0 Å². The molecule has 0 aliphatic carbocycles. The zero-order valence-electron chi connectivity index (χ0n) is 17.8. The van der Waals surface area contributed by atoms with Gasteiger partial charge < -0.3 is 9.26 Å². The summed E-state index contributed by atoms with van der Waals surface area (Å²) < 4.78 is 27.2. The molecule has 0 fully saturated rings. The number of amides is 1. The highest BCUT2D eigenvalue weighted by molar-refractivity contribution is 6.06. The number of ether oxygens (including phenoxy) is 1. The monoisotopic (exact) mass is 422 g/mol. The van der Waals surface area contributed by atoms with Crippen molar-refractivity contribution in [3.63, 3.8) is 0 Å². The lowest BCUT2D eigenvalue weighted by atomic mass is 10.2. The summed E-state index contributed by atoms with van der Waals surface area (Å²) in [4.78, 5) is 19.1. The Labute approximate surface area is 179 Å². The molecule has 0 spiro atoms. The van der Waals surface area contributed by atoms with Gasteiger partial charge in [0.15, 0.2) is 11.4 Å². The number of aromatic nitrogens is 3. The first-order chi connectivity index (χ1) is 14.9. The molecule has 0 unspecified atom stereocenters. The summed E-state index contributed by atoms with van der Waals surface area (Å²) >= 11 is 0. The molecule has 3 heterocycles. The fourth-order valence-electron chi connectivity index (χ4n) is 3.55. The van der Waals surface area contributed by atoms with Crippen LogP contribution in [-0.2, 0) is 13.0 Å². The second-order valence-electron chi connectivity index (χ2n) is 7.24. The summed E-state index contributed by atoms with van der Waals surface area (Å²) in [5.74, 6) is 0.841. The summed E-state index contributed by atoms with van der Waals surface area (Å²) in [6, 6.07) is 9.59. The van der Waals surface area contributed by atoms with Gasteiger partial charge in [0.05, 0.1) is 22.5 Å². The van der Waals surface area contributed by atoms with E-state index in [1.54, 1.807) is 23.6 Å². The van der Waals surface area contributed by atoms with Gasteiger partial charge in [0.2, 0.25) is 0 Å². The molecule has 0 bridgehead atoms. The molecule has 4 rings (SSSR count). The van der Waals surface area contributed by atoms with Crippen molar-refractivity contribution in [2.24, 2.45) is 0 Å². The van der Waals surface area contributed by atoms with E-state index in [4.69, 9.17) is 14.2 Å². The molecule has 0 N–H and O–H groups in total. The summed E-state index contributed by atoms with van der Waals surface area (Å²) in [7, 11) is 1.62. The molecule has 8 heteroatoms. The average molecular weight is 422 g/mol. The van der Waals surface area contributed by atoms with Crippen LogP contribution in [0.15, 0.2) is 47.1 Å². The number of aryl methyl sites for hydroxylation is 3. The third kappa shape index (κ3) is 3.65. The van der Waals surface area contributed by atoms with Crippen LogP contribution >= 0.6 is 0 Å². The van der Waals surface area contributed by atoms with E-state index in [1.165, 1.54) is 17.0 Å². The Balaban J connectivity index is 1.72. The van der Waals surface area contributed by atoms with Crippen molar-refractivity contribution in [1.82, 2.24) is 14.5 Å². The lowest BCUT2D eigenvalue weighted by Crippen LogP contribution is -2.29. The molecular weight excluding hydrogens is 399 g/mol. The maximum atomic E-state index is 14.2. The quantitative estimate of drug-likeness (QED) is 0.458. The fraction of sp³-hybridized carbons (Fsp3) is 0.261. The third-order valence-electron chi connectivity index (χ3n) is 5.27. The number of nitrogens with zero attached hydrogens (tertiary/aromatic N) is 4. The van der Waals surface area contributed by atoms with Crippen LogP contribution < -0.4 is 9.64 Å². The largest absolute Gasteiger partial charge is 0.485 e. The van der Waals surface area contributed by atoms with E-state index in [2.05, 4.69) is 5.16 Å². The van der Waals surface area contributed by atoms with E-state index < -0.39 is 11.7 Å². The SMILES string of the molecule is CCc1nc2c(OCc3c(C)noc3C)cccn2c1N(C)C(=O)c1ccccc1F. The van der Waals surface area contributed by atoms with Gasteiger partial charge in [0, 0.05) is 13.2 Å². The number of carbonyl (C=O) groups excluding carboxylic acids is 1. The second kappa shape index (κ2) is 8.22. The molecule has 160 valence electrons. The number of benzene rings is 1. The van der Waals surface area contributed by atoms with Crippen molar-refractivity contribution >= 4 is 17.4 Å². The molecule has 31 heavy (non-hydrogen) atoms. The minimum atomic E-state index is -0.560. The smallest absolute Gasteiger partial charge is 0.262 e. The highest BCUT2D eigenvalue weighted by Gasteiger charge is 2.24. The first kappa shape index (κ1) is 20.6. The van der Waals surface area contributed by atoms with Gasteiger partial charge in [-0.05, 0) is 44.5 Å². The number of anilines is 1. The molecule has 0 aliphatic rings. The first-order valence-electron chi connectivity index (χ1n) is 9.99. The van der Waals surface area contributed by atoms with Gasteiger partial charge in [-0.1, -0.05) is 24.2 Å². The molecule has 7 nitrogen and oxygen atoms in total. The predicted molar refractivity (Wildman–Crippen MR) is 114 cm³/mol. The Morgan fingerprint density at radius 1 is 1.23 bits per heavy atom. The van der Waals surface area contributed by atoms with Crippen molar-refractivity contribution in [2.75, 3.05) is 11.9 Å². The Morgan fingerprint density at radius 3 is 2.68 bits per heavy atom. The minimum absolute atomic E-state index is 0.00724. The number of hydrogen-bond acceptors (Lipinski definition) is 5. The van der Waals surface area contributed by atoms with Gasteiger partial charge in [-0.2, -0.15) is 0 Å². The Kier molecular flexibility index (Phi) is 5.46. The molecule has 0 atom stereocenters. The number of halogens is 1. The maximum absolute atomic E-state index is 14.2. The topological polar surface area (TPSA) is 72.9 Å². The van der Waals surface area contributed by atoms with E-state index in [0.717, 1.165) is 11.3 Å². The summed E-state index contributed by atoms with van der Waals surface area (Å²) in [5.41, 5.74) is 2.96. The van der Waals surface area contributed by atoms with Crippen molar-refractivity contribution < 1.29 is 18.4 Å². The van der Waals surface area contributed by atoms with Gasteiger partial charge in [-0.15, -0.1) is 0 Å². The van der Waals surface area contributed by atoms with Crippen molar-refractivity contribution in [3.8, 4) is 5.75 Å². The van der Waals surface area contributed by atoms with Crippen LogP contribution in [0.25, 0.3) is 5.65 Å². The summed E-state index contributed by atoms with van der Waals surface area (Å²) in [5, 5.41) is 3.95. The van der Waals surface area contributed by atoms with Gasteiger partial charge in [0.25, 0.3) is 5.91 Å². The highest BCUT2D eigenvalue weighted by Crippen LogP contribution is 2.30. The van der Waals surface area contributed by atoms with Crippen molar-refractivity contribution in [2.45, 2.75) is 33.8 Å². The predicted octanol–water partition coefficient (Wildman–Crippen LogP) is 4.50. The number of pyridine rings is 1. The zero-order valence-corrected chi connectivity index (χ0v) is 17.8. The standard InChI is InChI=1S/C23H23FN4O3/c1-5-19-22(27(4)23(29)16-9-6-7-10-18(16)24)28-12-8-11-20(21(28)25-19)30-13-17-14(2)26-31-15(17)3/h6-12H,5,13H2,1-4H3. The van der Waals surface area contributed by atoms with E-state index in [9.17, 15) is 9.18 Å². The molecular formula is C23H23FN4O3. The molecule has 0 aliphatic heterocycles. The molecule has 4 aromatic rings. The van der Waals surface area contributed by atoms with Gasteiger partial charge in [-0.25, -0.2) is 9.37 Å². The first-order valence-corrected chi connectivity index (χ1v) is 9.99. The summed E-state index contributed by atoms with van der Waals surface area (Å²) in [6.07, 6.45) is 2.40. The van der Waals surface area contributed by atoms with E-state index in [0.29, 0.717) is 35.1 Å². The Bertz CT molecular complexity index is 1240. The Morgan fingerprint density at radius 2 is 2.00 bits per heavy atom. The normalized spacial score (nSPS) is 11.1. The molecule has 3 aromatic heterocycles. The van der Waals surface area contributed by atoms with Crippen LogP contribution in [0.4, 0.5) is 10.2 Å². The van der Waals surface area contributed by atoms with Crippen LogP contribution in [-0.4, -0.2) is 27.5 Å². The minimum Gasteiger partial charge on any atom is -0.485 e. The number of carbonyl (C=O) groups is 1. The van der Waals surface area contributed by atoms with E-state index in [-0.39, 0.29) is 12.2 Å². The highest BCUT2D eigenvalue weighted by atomic mass is 19.1. The fourth-order valence-corrected chi connectivity index (χ4v) is 3.55. The molecule has 0 radical (unpaired) electrons. The van der Waals surface area contributed by atoms with Gasteiger partial charge in [0.1, 0.15) is 24.0 Å². The van der Waals surface area contributed by atoms with Crippen LogP contribution in [0.1, 0.15) is 40.0 Å². The van der Waals surface area contributed by atoms with Crippen LogP contribution in [0.3, 0.4) is 0 Å². The number of hydrogen-bond donors (Lipinski definition) is 0. The molecule has 1 amide bonds. The van der Waals surface area contributed by atoms with Gasteiger partial charge in [-0.3, -0.25) is 14.1 Å². The van der Waals surface area contributed by atoms with Crippen LogP contribution in [0, 0.1) is 19.7 Å². The Hall–Kier alpha value is -3.68. The zero-order chi connectivity index (χ0) is 22.1. The van der Waals surface area contributed by atoms with E-state index >= 15 is 0 Å². The molecule has 1 aromatic carbocycles. The van der Waals surface area contributed by atoms with Crippen molar-refractivity contribution in [3.05, 3.63) is 76.7 Å². The van der Waals surface area contributed by atoms with E-state index in [1.807, 2.05) is 39.1 Å². The molecule has 0 saturated heterocycles. The van der Waals surface area contributed by atoms with Crippen molar-refractivity contribution in [1.29, 1.82) is 0 Å². The third-order valence-corrected chi connectivity index (χ3v) is 5.27. The lowest BCUT2D eigenvalue weighted by Gasteiger charge is -2.19.